The van der Waals surface area contributed by atoms with Gasteiger partial charge in [-0.3, -0.25) is 4.79 Å². The number of amides is 1. The van der Waals surface area contributed by atoms with Gasteiger partial charge in [-0.25, -0.2) is 4.98 Å². The molecule has 1 unspecified atom stereocenters. The SMILES string of the molecule is COc1ccc(NC(C(N)=O)c2ccc(OC)nc2)cc1. The second-order valence-corrected chi connectivity index (χ2v) is 4.34. The van der Waals surface area contributed by atoms with Crippen molar-refractivity contribution in [2.75, 3.05) is 19.5 Å². The molecule has 1 amide bonds. The van der Waals surface area contributed by atoms with Gasteiger partial charge in [0.15, 0.2) is 0 Å². The highest BCUT2D eigenvalue weighted by Gasteiger charge is 2.18. The molecular weight excluding hydrogens is 270 g/mol. The van der Waals surface area contributed by atoms with E-state index in [0.717, 1.165) is 11.4 Å². The maximum Gasteiger partial charge on any atom is 0.244 e. The van der Waals surface area contributed by atoms with Crippen molar-refractivity contribution in [2.24, 2.45) is 5.73 Å². The van der Waals surface area contributed by atoms with Crippen LogP contribution in [0.5, 0.6) is 11.6 Å². The van der Waals surface area contributed by atoms with Crippen molar-refractivity contribution < 1.29 is 14.3 Å². The van der Waals surface area contributed by atoms with Crippen LogP contribution in [-0.4, -0.2) is 25.1 Å². The normalized spacial score (nSPS) is 11.5. The first-order valence-corrected chi connectivity index (χ1v) is 6.34. The minimum absolute atomic E-state index is 0.478. The smallest absolute Gasteiger partial charge is 0.244 e. The van der Waals surface area contributed by atoms with Crippen molar-refractivity contribution in [2.45, 2.75) is 6.04 Å². The Kier molecular flexibility index (Phi) is 4.61. The first-order valence-electron chi connectivity index (χ1n) is 6.34. The van der Waals surface area contributed by atoms with E-state index in [2.05, 4.69) is 10.3 Å². The van der Waals surface area contributed by atoms with Gasteiger partial charge in [0.2, 0.25) is 11.8 Å². The van der Waals surface area contributed by atoms with Crippen LogP contribution in [0.4, 0.5) is 5.69 Å². The van der Waals surface area contributed by atoms with Crippen molar-refractivity contribution in [3.05, 3.63) is 48.2 Å². The number of hydrogen-bond acceptors (Lipinski definition) is 5. The average molecular weight is 287 g/mol. The highest BCUT2D eigenvalue weighted by Crippen LogP contribution is 2.22. The molecule has 0 bridgehead atoms. The average Bonchev–Trinajstić information content (AvgIpc) is 2.53. The van der Waals surface area contributed by atoms with E-state index in [0.29, 0.717) is 11.4 Å². The Morgan fingerprint density at radius 2 is 1.86 bits per heavy atom. The second-order valence-electron chi connectivity index (χ2n) is 4.34. The molecule has 110 valence electrons. The van der Waals surface area contributed by atoms with Gasteiger partial charge in [-0.15, -0.1) is 0 Å². The lowest BCUT2D eigenvalue weighted by atomic mass is 10.1. The molecule has 0 radical (unpaired) electrons. The molecule has 6 nitrogen and oxygen atoms in total. The van der Waals surface area contributed by atoms with E-state index >= 15 is 0 Å². The molecule has 0 fully saturated rings. The van der Waals surface area contributed by atoms with Crippen LogP contribution < -0.4 is 20.5 Å². The fraction of sp³-hybridized carbons (Fsp3) is 0.200. The summed E-state index contributed by atoms with van der Waals surface area (Å²) in [6, 6.07) is 9.98. The van der Waals surface area contributed by atoms with Crippen LogP contribution in [0.25, 0.3) is 0 Å². The summed E-state index contributed by atoms with van der Waals surface area (Å²) >= 11 is 0. The second kappa shape index (κ2) is 6.60. The van der Waals surface area contributed by atoms with Gasteiger partial charge in [0, 0.05) is 23.5 Å². The van der Waals surface area contributed by atoms with E-state index in [-0.39, 0.29) is 0 Å². The number of rotatable bonds is 6. The van der Waals surface area contributed by atoms with Crippen molar-refractivity contribution in [3.63, 3.8) is 0 Å². The molecule has 1 heterocycles. The number of nitrogens with zero attached hydrogens (tertiary/aromatic N) is 1. The van der Waals surface area contributed by atoms with Crippen molar-refractivity contribution >= 4 is 11.6 Å². The molecule has 3 N–H and O–H groups in total. The number of nitrogens with one attached hydrogen (secondary N) is 1. The zero-order valence-corrected chi connectivity index (χ0v) is 11.9. The van der Waals surface area contributed by atoms with Gasteiger partial charge in [-0.05, 0) is 30.3 Å². The molecule has 1 atom stereocenters. The number of carbonyl (C=O) groups is 1. The highest BCUT2D eigenvalue weighted by atomic mass is 16.5. The lowest BCUT2D eigenvalue weighted by molar-refractivity contribution is -0.118. The summed E-state index contributed by atoms with van der Waals surface area (Å²) in [5, 5.41) is 3.07. The largest absolute Gasteiger partial charge is 0.497 e. The number of benzene rings is 1. The van der Waals surface area contributed by atoms with Gasteiger partial charge in [0.05, 0.1) is 14.2 Å². The fourth-order valence-electron chi connectivity index (χ4n) is 1.86. The van der Waals surface area contributed by atoms with Crippen molar-refractivity contribution in [1.29, 1.82) is 0 Å². The molecule has 1 aromatic carbocycles. The summed E-state index contributed by atoms with van der Waals surface area (Å²) in [5.74, 6) is 0.728. The van der Waals surface area contributed by atoms with Crippen molar-refractivity contribution in [1.82, 2.24) is 4.98 Å². The Balaban J connectivity index is 2.19. The predicted octanol–water partition coefficient (Wildman–Crippen LogP) is 1.74. The minimum Gasteiger partial charge on any atom is -0.497 e. The molecule has 0 saturated heterocycles. The van der Waals surface area contributed by atoms with Gasteiger partial charge in [0.1, 0.15) is 11.8 Å². The summed E-state index contributed by atoms with van der Waals surface area (Å²) in [6.45, 7) is 0. The summed E-state index contributed by atoms with van der Waals surface area (Å²) in [4.78, 5) is 15.7. The first-order chi connectivity index (χ1) is 10.1. The molecular formula is C15H17N3O3. The zero-order valence-electron chi connectivity index (χ0n) is 11.9. The number of methoxy groups -OCH3 is 2. The lowest BCUT2D eigenvalue weighted by Crippen LogP contribution is -2.27. The number of primary amides is 1. The van der Waals surface area contributed by atoms with Crippen LogP contribution in [0, 0.1) is 0 Å². The molecule has 2 aromatic rings. The third-order valence-corrected chi connectivity index (χ3v) is 2.99. The molecule has 0 aliphatic rings. The van der Waals surface area contributed by atoms with Gasteiger partial charge in [-0.1, -0.05) is 0 Å². The molecule has 21 heavy (non-hydrogen) atoms. The third kappa shape index (κ3) is 3.62. The summed E-state index contributed by atoms with van der Waals surface area (Å²) < 4.78 is 10.1. The van der Waals surface area contributed by atoms with Crippen molar-refractivity contribution in [3.8, 4) is 11.6 Å². The van der Waals surface area contributed by atoms with Gasteiger partial charge < -0.3 is 20.5 Å². The topological polar surface area (TPSA) is 86.5 Å². The number of aromatic nitrogens is 1. The number of hydrogen-bond donors (Lipinski definition) is 2. The van der Waals surface area contributed by atoms with E-state index in [1.165, 1.54) is 7.11 Å². The molecule has 2 rings (SSSR count). The Morgan fingerprint density at radius 1 is 1.14 bits per heavy atom. The number of nitrogens with two attached hydrogens (primary N) is 1. The molecule has 0 saturated carbocycles. The predicted molar refractivity (Wildman–Crippen MR) is 79.3 cm³/mol. The van der Waals surface area contributed by atoms with Crippen LogP contribution in [0.1, 0.15) is 11.6 Å². The molecule has 6 heteroatoms. The Bertz CT molecular complexity index is 597. The van der Waals surface area contributed by atoms with Crippen LogP contribution in [0.3, 0.4) is 0 Å². The van der Waals surface area contributed by atoms with Gasteiger partial charge >= 0.3 is 0 Å². The maximum atomic E-state index is 11.7. The standard InChI is InChI=1S/C15H17N3O3/c1-20-12-6-4-11(5-7-12)18-14(15(16)19)10-3-8-13(21-2)17-9-10/h3-9,14,18H,1-2H3,(H2,16,19). The van der Waals surface area contributed by atoms with Crippen LogP contribution in [0.2, 0.25) is 0 Å². The molecule has 0 aliphatic carbocycles. The Hall–Kier alpha value is -2.76. The molecule has 0 spiro atoms. The molecule has 1 aromatic heterocycles. The number of ether oxygens (including phenoxy) is 2. The van der Waals surface area contributed by atoms with Crippen LogP contribution in [0.15, 0.2) is 42.6 Å². The van der Waals surface area contributed by atoms with E-state index in [4.69, 9.17) is 15.2 Å². The van der Waals surface area contributed by atoms with Gasteiger partial charge in [0.25, 0.3) is 0 Å². The quantitative estimate of drug-likeness (QED) is 0.845. The Labute approximate surface area is 122 Å². The van der Waals surface area contributed by atoms with Crippen LogP contribution in [-0.2, 0) is 4.79 Å². The van der Waals surface area contributed by atoms with E-state index in [9.17, 15) is 4.79 Å². The summed E-state index contributed by atoms with van der Waals surface area (Å²) in [7, 11) is 3.13. The summed E-state index contributed by atoms with van der Waals surface area (Å²) in [6.07, 6.45) is 1.56. The van der Waals surface area contributed by atoms with E-state index < -0.39 is 11.9 Å². The summed E-state index contributed by atoms with van der Waals surface area (Å²) in [5.41, 5.74) is 6.88. The maximum absolute atomic E-state index is 11.7. The number of pyridine rings is 1. The third-order valence-electron chi connectivity index (χ3n) is 2.99. The van der Waals surface area contributed by atoms with Gasteiger partial charge in [-0.2, -0.15) is 0 Å². The van der Waals surface area contributed by atoms with Crippen LogP contribution >= 0.6 is 0 Å². The van der Waals surface area contributed by atoms with E-state index in [1.807, 2.05) is 12.1 Å². The number of anilines is 1. The lowest BCUT2D eigenvalue weighted by Gasteiger charge is -2.17. The zero-order chi connectivity index (χ0) is 15.2. The Morgan fingerprint density at radius 3 is 2.33 bits per heavy atom. The van der Waals surface area contributed by atoms with E-state index in [1.54, 1.807) is 37.6 Å². The monoisotopic (exact) mass is 287 g/mol. The minimum atomic E-state index is -0.670. The fourth-order valence-corrected chi connectivity index (χ4v) is 1.86. The highest BCUT2D eigenvalue weighted by molar-refractivity contribution is 5.84. The number of carbonyl (C=O) groups excluding carboxylic acids is 1. The first kappa shape index (κ1) is 14.6. The molecule has 0 aliphatic heterocycles.